The molecule has 3 N–H and O–H groups in total. The van der Waals surface area contributed by atoms with Gasteiger partial charge in [-0.1, -0.05) is 41.9 Å². The van der Waals surface area contributed by atoms with Crippen LogP contribution < -0.4 is 21.5 Å². The highest BCUT2D eigenvalue weighted by atomic mass is 35.5. The highest BCUT2D eigenvalue weighted by Crippen LogP contribution is 2.34. The maximum absolute atomic E-state index is 14.2. The van der Waals surface area contributed by atoms with Crippen LogP contribution in [-0.4, -0.2) is 38.7 Å². The summed E-state index contributed by atoms with van der Waals surface area (Å²) in [4.78, 5) is 27.4. The third-order valence-electron chi connectivity index (χ3n) is 8.32. The van der Waals surface area contributed by atoms with Crippen LogP contribution in [-0.2, 0) is 12.7 Å². The minimum atomic E-state index is -4.61. The molecule has 3 aromatic carbocycles. The van der Waals surface area contributed by atoms with E-state index in [1.807, 2.05) is 42.5 Å². The minimum absolute atomic E-state index is 0.0710. The fraction of sp³-hybridized carbons (Fsp3) is 0.167. The Labute approximate surface area is 278 Å². The zero-order valence-electron chi connectivity index (χ0n) is 25.4. The summed E-state index contributed by atoms with van der Waals surface area (Å²) in [5.41, 5.74) is 2.78. The zero-order chi connectivity index (χ0) is 33.3. The first-order chi connectivity index (χ1) is 23.2. The fourth-order valence-corrected chi connectivity index (χ4v) is 6.20. The molecule has 0 saturated carbocycles. The molecule has 1 saturated heterocycles. The number of rotatable bonds is 8. The van der Waals surface area contributed by atoms with E-state index in [-0.39, 0.29) is 29.3 Å². The van der Waals surface area contributed by atoms with Gasteiger partial charge in [-0.3, -0.25) is 14.3 Å². The smallest absolute Gasteiger partial charge is 0.381 e. The number of aromatic nitrogens is 4. The molecule has 1 fully saturated rings. The lowest BCUT2D eigenvalue weighted by atomic mass is 10.0. The predicted molar refractivity (Wildman–Crippen MR) is 183 cm³/mol. The molecule has 4 heterocycles. The fourth-order valence-electron chi connectivity index (χ4n) is 5.91. The van der Waals surface area contributed by atoms with Gasteiger partial charge in [-0.25, -0.2) is 4.98 Å². The Hall–Kier alpha value is -5.26. The van der Waals surface area contributed by atoms with E-state index in [0.29, 0.717) is 27.7 Å². The number of halogens is 4. The van der Waals surface area contributed by atoms with Gasteiger partial charge in [0.05, 0.1) is 12.1 Å². The number of benzene rings is 3. The summed E-state index contributed by atoms with van der Waals surface area (Å²) in [5.74, 6) is 0.188. The maximum atomic E-state index is 14.2. The van der Waals surface area contributed by atoms with Crippen molar-refractivity contribution in [3.05, 3.63) is 130 Å². The van der Waals surface area contributed by atoms with Gasteiger partial charge in [-0.15, -0.1) is 0 Å². The molecule has 1 aliphatic rings. The number of pyridine rings is 2. The lowest BCUT2D eigenvalue weighted by Gasteiger charge is -2.17. The van der Waals surface area contributed by atoms with E-state index in [9.17, 15) is 18.0 Å². The first kappa shape index (κ1) is 31.3. The first-order valence-electron chi connectivity index (χ1n) is 15.3. The maximum Gasteiger partial charge on any atom is 0.416 e. The molecule has 0 radical (unpaired) electrons. The second-order valence-corrected chi connectivity index (χ2v) is 12.0. The molecule has 48 heavy (non-hydrogen) atoms. The summed E-state index contributed by atoms with van der Waals surface area (Å²) >= 11 is 6.75. The molecular weight excluding hydrogens is 639 g/mol. The average molecular weight is 668 g/mol. The second kappa shape index (κ2) is 13.1. The van der Waals surface area contributed by atoms with Crippen LogP contribution in [0.1, 0.15) is 17.5 Å². The Morgan fingerprint density at radius 3 is 2.42 bits per heavy atom. The van der Waals surface area contributed by atoms with Crippen molar-refractivity contribution in [2.45, 2.75) is 25.2 Å². The molecule has 7 rings (SSSR count). The monoisotopic (exact) mass is 667 g/mol. The van der Waals surface area contributed by atoms with E-state index >= 15 is 0 Å². The number of anilines is 3. The Balaban J connectivity index is 1.29. The van der Waals surface area contributed by atoms with E-state index in [0.717, 1.165) is 42.4 Å². The van der Waals surface area contributed by atoms with Crippen molar-refractivity contribution >= 4 is 40.0 Å². The van der Waals surface area contributed by atoms with Gasteiger partial charge in [0.2, 0.25) is 5.95 Å². The largest absolute Gasteiger partial charge is 0.416 e. The molecular formula is C36H29ClF3N7O. The Morgan fingerprint density at radius 2 is 1.69 bits per heavy atom. The standard InChI is InChI=1S/C36H29ClF3N7O/c37-32-18-23(22-11-14-41-15-12-22)5-10-29(32)30-17-25-19-43-35(45-27-8-6-26(7-9-27)44-28-13-16-42-20-28)46-33(25)47(34(30)48)21-24-3-1-2-4-31(24)36(38,39)40/h1-12,14-15,17-19,28,42,44H,13,16,20-21H2,(H,43,45,46). The third kappa shape index (κ3) is 6.60. The van der Waals surface area contributed by atoms with Gasteiger partial charge >= 0.3 is 6.18 Å². The lowest BCUT2D eigenvalue weighted by molar-refractivity contribution is -0.138. The molecule has 0 spiro atoms. The Bertz CT molecular complexity index is 2150. The van der Waals surface area contributed by atoms with Crippen LogP contribution in [0.4, 0.5) is 30.5 Å². The summed E-state index contributed by atoms with van der Waals surface area (Å²) in [6.07, 6.45) is 1.31. The third-order valence-corrected chi connectivity index (χ3v) is 8.64. The normalized spacial score (nSPS) is 14.7. The molecule has 242 valence electrons. The Kier molecular flexibility index (Phi) is 8.55. The van der Waals surface area contributed by atoms with E-state index in [1.165, 1.54) is 22.8 Å². The molecule has 3 aromatic heterocycles. The summed E-state index contributed by atoms with van der Waals surface area (Å²) < 4.78 is 43.4. The number of hydrogen-bond donors (Lipinski definition) is 3. The topological polar surface area (TPSA) is 96.8 Å². The van der Waals surface area contributed by atoms with Crippen molar-refractivity contribution in [1.82, 2.24) is 24.8 Å². The number of nitrogens with one attached hydrogen (secondary N) is 3. The Morgan fingerprint density at radius 1 is 0.917 bits per heavy atom. The summed E-state index contributed by atoms with van der Waals surface area (Å²) in [7, 11) is 0. The summed E-state index contributed by atoms with van der Waals surface area (Å²) in [6.45, 7) is 1.51. The predicted octanol–water partition coefficient (Wildman–Crippen LogP) is 7.76. The van der Waals surface area contributed by atoms with Crippen LogP contribution in [0.25, 0.3) is 33.3 Å². The molecule has 0 aliphatic carbocycles. The van der Waals surface area contributed by atoms with E-state index < -0.39 is 17.3 Å². The molecule has 8 nitrogen and oxygen atoms in total. The highest BCUT2D eigenvalue weighted by Gasteiger charge is 2.33. The van der Waals surface area contributed by atoms with Gasteiger partial charge in [-0.05, 0) is 84.3 Å². The zero-order valence-corrected chi connectivity index (χ0v) is 26.2. The highest BCUT2D eigenvalue weighted by molar-refractivity contribution is 6.33. The van der Waals surface area contributed by atoms with Gasteiger partial charge < -0.3 is 16.0 Å². The van der Waals surface area contributed by atoms with Crippen molar-refractivity contribution in [3.8, 4) is 22.3 Å². The molecule has 1 unspecified atom stereocenters. The molecule has 12 heteroatoms. The van der Waals surface area contributed by atoms with Crippen LogP contribution in [0.3, 0.4) is 0 Å². The lowest BCUT2D eigenvalue weighted by Crippen LogP contribution is -2.25. The van der Waals surface area contributed by atoms with Crippen molar-refractivity contribution in [3.63, 3.8) is 0 Å². The number of hydrogen-bond acceptors (Lipinski definition) is 7. The van der Waals surface area contributed by atoms with E-state index in [2.05, 4.69) is 30.9 Å². The van der Waals surface area contributed by atoms with Crippen LogP contribution >= 0.6 is 11.6 Å². The van der Waals surface area contributed by atoms with Crippen molar-refractivity contribution in [1.29, 1.82) is 0 Å². The number of alkyl halides is 3. The van der Waals surface area contributed by atoms with Gasteiger partial charge in [-0.2, -0.15) is 18.2 Å². The molecule has 0 bridgehead atoms. The van der Waals surface area contributed by atoms with Crippen LogP contribution in [0, 0.1) is 0 Å². The van der Waals surface area contributed by atoms with Gasteiger partial charge in [0.1, 0.15) is 5.65 Å². The SMILES string of the molecule is O=c1c(-c2ccc(-c3ccncc3)cc2Cl)cc2cnc(Nc3ccc(NC4CCNC4)cc3)nc2n1Cc1ccccc1C(F)(F)F. The van der Waals surface area contributed by atoms with Gasteiger partial charge in [0, 0.05) is 64.1 Å². The van der Waals surface area contributed by atoms with Crippen LogP contribution in [0.2, 0.25) is 5.02 Å². The van der Waals surface area contributed by atoms with Gasteiger partial charge in [0.25, 0.3) is 5.56 Å². The minimum Gasteiger partial charge on any atom is -0.381 e. The number of nitrogens with zero attached hydrogens (tertiary/aromatic N) is 4. The first-order valence-corrected chi connectivity index (χ1v) is 15.7. The van der Waals surface area contributed by atoms with Crippen molar-refractivity contribution < 1.29 is 13.2 Å². The molecule has 0 amide bonds. The van der Waals surface area contributed by atoms with Crippen molar-refractivity contribution in [2.24, 2.45) is 0 Å². The van der Waals surface area contributed by atoms with Crippen LogP contribution in [0.5, 0.6) is 0 Å². The molecule has 1 aliphatic heterocycles. The quantitative estimate of drug-likeness (QED) is 0.153. The van der Waals surface area contributed by atoms with E-state index in [4.69, 9.17) is 11.6 Å². The van der Waals surface area contributed by atoms with E-state index in [1.54, 1.807) is 36.8 Å². The molecule has 1 atom stereocenters. The molecule has 6 aromatic rings. The average Bonchev–Trinajstić information content (AvgIpc) is 3.60. The summed E-state index contributed by atoms with van der Waals surface area (Å²) in [6, 6.07) is 23.8. The van der Waals surface area contributed by atoms with Gasteiger partial charge in [0.15, 0.2) is 0 Å². The number of fused-ring (bicyclic) bond motifs is 1. The van der Waals surface area contributed by atoms with Crippen LogP contribution in [0.15, 0.2) is 108 Å². The summed E-state index contributed by atoms with van der Waals surface area (Å²) in [5, 5.41) is 10.7. The van der Waals surface area contributed by atoms with Crippen molar-refractivity contribution in [2.75, 3.05) is 23.7 Å². The second-order valence-electron chi connectivity index (χ2n) is 11.5.